The van der Waals surface area contributed by atoms with E-state index < -0.39 is 10.0 Å². The van der Waals surface area contributed by atoms with E-state index in [4.69, 9.17) is 4.74 Å². The summed E-state index contributed by atoms with van der Waals surface area (Å²) in [6.45, 7) is 10.9. The number of nitrogens with one attached hydrogen (secondary N) is 2. The summed E-state index contributed by atoms with van der Waals surface area (Å²) in [4.78, 5) is 0. The van der Waals surface area contributed by atoms with Crippen LogP contribution in [0, 0.1) is 40.9 Å². The molecule has 6 rings (SSSR count). The van der Waals surface area contributed by atoms with E-state index in [0.29, 0.717) is 41.2 Å². The Balaban J connectivity index is 1.23. The molecular formula is C28H46N2O3S. The largest absolute Gasteiger partial charge is 0.369 e. The molecule has 1 spiro atoms. The highest BCUT2D eigenvalue weighted by molar-refractivity contribution is 7.88. The molecule has 3 saturated carbocycles. The molecule has 0 aromatic rings. The van der Waals surface area contributed by atoms with Gasteiger partial charge in [0, 0.05) is 18.0 Å². The van der Waals surface area contributed by atoms with Crippen LogP contribution in [0.4, 0.5) is 0 Å². The van der Waals surface area contributed by atoms with Gasteiger partial charge in [0.05, 0.1) is 18.0 Å². The van der Waals surface area contributed by atoms with Crippen molar-refractivity contribution in [3.05, 3.63) is 11.1 Å². The van der Waals surface area contributed by atoms with Gasteiger partial charge < -0.3 is 10.1 Å². The van der Waals surface area contributed by atoms with Gasteiger partial charge in [0.25, 0.3) is 0 Å². The Labute approximate surface area is 207 Å². The molecule has 2 heterocycles. The molecule has 0 aromatic heterocycles. The van der Waals surface area contributed by atoms with E-state index in [-0.39, 0.29) is 11.6 Å². The quantitative estimate of drug-likeness (QED) is 0.554. The standard InChI is InChI=1S/C28H46N2O3S/c1-16-10-25-26(29-15-16)18(3)28(33-25)13-17(2)22-12-24-21(23(22)14-28)7-6-19-11-20(30-34(5,31)32)8-9-27(19,24)4/h16,18-21,23-26,29-30H,6-15H2,1-5H3/t16-,18+,19+,20+,21-,23-,24-,25+,26-,27-,28+/m0/s1. The van der Waals surface area contributed by atoms with Gasteiger partial charge in [0.15, 0.2) is 0 Å². The molecule has 0 aromatic carbocycles. The highest BCUT2D eigenvalue weighted by atomic mass is 32.2. The van der Waals surface area contributed by atoms with Crippen LogP contribution in [0.3, 0.4) is 0 Å². The van der Waals surface area contributed by atoms with Crippen LogP contribution in [0.25, 0.3) is 0 Å². The number of fused-ring (bicyclic) bond motifs is 6. The van der Waals surface area contributed by atoms with Crippen molar-refractivity contribution in [3.8, 4) is 0 Å². The van der Waals surface area contributed by atoms with Gasteiger partial charge in [-0.25, -0.2) is 13.1 Å². The molecule has 6 heteroatoms. The zero-order valence-electron chi connectivity index (χ0n) is 21.9. The Morgan fingerprint density at radius 2 is 1.94 bits per heavy atom. The molecule has 5 fully saturated rings. The summed E-state index contributed by atoms with van der Waals surface area (Å²) in [6, 6.07) is 0.650. The summed E-state index contributed by atoms with van der Waals surface area (Å²) in [5, 5.41) is 3.86. The van der Waals surface area contributed by atoms with Crippen LogP contribution >= 0.6 is 0 Å². The molecule has 2 N–H and O–H groups in total. The number of hydrogen-bond donors (Lipinski definition) is 2. The van der Waals surface area contributed by atoms with Gasteiger partial charge in [0.2, 0.25) is 10.0 Å². The molecule has 34 heavy (non-hydrogen) atoms. The van der Waals surface area contributed by atoms with E-state index in [9.17, 15) is 8.42 Å². The fourth-order valence-corrected chi connectivity index (χ4v) is 10.8. The summed E-state index contributed by atoms with van der Waals surface area (Å²) in [5.74, 6) is 4.17. The minimum absolute atomic E-state index is 0.0222. The average molecular weight is 491 g/mol. The molecule has 0 amide bonds. The van der Waals surface area contributed by atoms with Gasteiger partial charge in [0.1, 0.15) is 0 Å². The molecule has 0 unspecified atom stereocenters. The van der Waals surface area contributed by atoms with Crippen LogP contribution in [-0.2, 0) is 14.8 Å². The fraction of sp³-hybridized carbons (Fsp3) is 0.929. The lowest BCUT2D eigenvalue weighted by Crippen LogP contribution is -2.51. The Kier molecular flexibility index (Phi) is 5.66. The van der Waals surface area contributed by atoms with Crippen molar-refractivity contribution < 1.29 is 13.2 Å². The predicted molar refractivity (Wildman–Crippen MR) is 136 cm³/mol. The highest BCUT2D eigenvalue weighted by Gasteiger charge is 2.61. The lowest BCUT2D eigenvalue weighted by molar-refractivity contribution is -0.0913. The molecule has 5 nitrogen and oxygen atoms in total. The molecule has 0 bridgehead atoms. The monoisotopic (exact) mass is 490 g/mol. The van der Waals surface area contributed by atoms with E-state index in [2.05, 4.69) is 37.7 Å². The molecule has 0 radical (unpaired) electrons. The zero-order chi connectivity index (χ0) is 24.0. The summed E-state index contributed by atoms with van der Waals surface area (Å²) in [7, 11) is -3.13. The lowest BCUT2D eigenvalue weighted by Gasteiger charge is -2.54. The maximum atomic E-state index is 11.9. The normalized spacial score (nSPS) is 52.8. The van der Waals surface area contributed by atoms with Gasteiger partial charge in [-0.3, -0.25) is 0 Å². The molecule has 11 atom stereocenters. The fourth-order valence-electron chi connectivity index (χ4n) is 10.0. The predicted octanol–water partition coefficient (Wildman–Crippen LogP) is 4.64. The van der Waals surface area contributed by atoms with Crippen molar-refractivity contribution in [1.82, 2.24) is 10.0 Å². The van der Waals surface area contributed by atoms with Gasteiger partial charge in [-0.2, -0.15) is 0 Å². The second kappa shape index (κ2) is 8.03. The second-order valence-corrected chi connectivity index (χ2v) is 15.5. The van der Waals surface area contributed by atoms with E-state index in [1.54, 1.807) is 11.1 Å². The molecule has 2 saturated heterocycles. The second-order valence-electron chi connectivity index (χ2n) is 13.7. The van der Waals surface area contributed by atoms with Crippen LogP contribution in [0.5, 0.6) is 0 Å². The minimum Gasteiger partial charge on any atom is -0.369 e. The number of rotatable bonds is 2. The third kappa shape index (κ3) is 3.68. The van der Waals surface area contributed by atoms with Crippen molar-refractivity contribution in [1.29, 1.82) is 0 Å². The van der Waals surface area contributed by atoms with Gasteiger partial charge >= 0.3 is 0 Å². The first-order valence-corrected chi connectivity index (χ1v) is 16.0. The molecule has 192 valence electrons. The Morgan fingerprint density at radius 3 is 2.71 bits per heavy atom. The smallest absolute Gasteiger partial charge is 0.208 e. The summed E-state index contributed by atoms with van der Waals surface area (Å²) in [6.07, 6.45) is 12.3. The van der Waals surface area contributed by atoms with Crippen molar-refractivity contribution >= 4 is 10.0 Å². The Hall–Kier alpha value is -0.430. The molecule has 4 aliphatic carbocycles. The van der Waals surface area contributed by atoms with Crippen LogP contribution in [0.2, 0.25) is 0 Å². The number of piperidine rings is 1. The maximum absolute atomic E-state index is 11.9. The highest BCUT2D eigenvalue weighted by Crippen LogP contribution is 2.66. The van der Waals surface area contributed by atoms with Gasteiger partial charge in [-0.1, -0.05) is 31.9 Å². The van der Waals surface area contributed by atoms with E-state index in [1.807, 2.05) is 0 Å². The maximum Gasteiger partial charge on any atom is 0.208 e. The van der Waals surface area contributed by atoms with Gasteiger partial charge in [-0.15, -0.1) is 0 Å². The first-order chi connectivity index (χ1) is 16.0. The Bertz CT molecular complexity index is 978. The average Bonchev–Trinajstić information content (AvgIpc) is 3.24. The van der Waals surface area contributed by atoms with Crippen LogP contribution in [-0.4, -0.2) is 45.0 Å². The third-order valence-electron chi connectivity index (χ3n) is 11.7. The summed E-state index contributed by atoms with van der Waals surface area (Å²) >= 11 is 0. The minimum atomic E-state index is -3.13. The Morgan fingerprint density at radius 1 is 1.15 bits per heavy atom. The number of hydrogen-bond acceptors (Lipinski definition) is 4. The zero-order valence-corrected chi connectivity index (χ0v) is 22.7. The van der Waals surface area contributed by atoms with E-state index in [1.165, 1.54) is 38.4 Å². The van der Waals surface area contributed by atoms with Crippen LogP contribution < -0.4 is 10.0 Å². The van der Waals surface area contributed by atoms with Gasteiger partial charge in [-0.05, 0) is 106 Å². The van der Waals surface area contributed by atoms with Crippen molar-refractivity contribution in [3.63, 3.8) is 0 Å². The van der Waals surface area contributed by atoms with E-state index >= 15 is 0 Å². The van der Waals surface area contributed by atoms with Crippen LogP contribution in [0.1, 0.15) is 85.5 Å². The lowest BCUT2D eigenvalue weighted by atomic mass is 9.52. The summed E-state index contributed by atoms with van der Waals surface area (Å²) in [5.41, 5.74) is 3.79. The molecule has 6 aliphatic rings. The van der Waals surface area contributed by atoms with Crippen molar-refractivity contribution in [2.24, 2.45) is 40.9 Å². The van der Waals surface area contributed by atoms with Crippen molar-refractivity contribution in [2.45, 2.75) is 109 Å². The third-order valence-corrected chi connectivity index (χ3v) is 12.5. The first kappa shape index (κ1) is 23.9. The molecule has 2 aliphatic heterocycles. The topological polar surface area (TPSA) is 67.4 Å². The first-order valence-electron chi connectivity index (χ1n) is 14.1. The SMILES string of the molecule is CC1=C2C[C@H]3[C@@H](CC[C@@H]4C[C@H](NS(C)(=O)=O)CC[C@@]43C)[C@@H]2C[C@@]2(C1)O[C@@H]1C[C@H](C)CN[C@H]1[C@H]2C. The number of ether oxygens (including phenoxy) is 1. The molecular weight excluding hydrogens is 444 g/mol. The number of allylic oxidation sites excluding steroid dienone is 1. The van der Waals surface area contributed by atoms with Crippen LogP contribution in [0.15, 0.2) is 11.1 Å². The summed E-state index contributed by atoms with van der Waals surface area (Å²) < 4.78 is 33.7. The van der Waals surface area contributed by atoms with Crippen molar-refractivity contribution in [2.75, 3.05) is 12.8 Å². The number of sulfonamides is 1. The van der Waals surface area contributed by atoms with E-state index in [0.717, 1.165) is 44.1 Å².